The smallest absolute Gasteiger partial charge is 0.370 e. The number of benzene rings is 2. The van der Waals surface area contributed by atoms with E-state index in [4.69, 9.17) is 5.73 Å². The van der Waals surface area contributed by atoms with Crippen molar-refractivity contribution in [3.05, 3.63) is 65.5 Å². The zero-order valence-corrected chi connectivity index (χ0v) is 20.4. The number of nitrogens with two attached hydrogens (primary N) is 1. The van der Waals surface area contributed by atoms with Crippen molar-refractivity contribution in [3.8, 4) is 11.1 Å². The first-order chi connectivity index (χ1) is 17.0. The molecule has 1 aliphatic heterocycles. The predicted octanol–water partition coefficient (Wildman–Crippen LogP) is 4.84. The second-order valence-corrected chi connectivity index (χ2v) is 9.19. The Morgan fingerprint density at radius 2 is 1.78 bits per heavy atom. The maximum Gasteiger partial charge on any atom is 0.416 e. The highest BCUT2D eigenvalue weighted by Gasteiger charge is 2.32. The highest BCUT2D eigenvalue weighted by Crippen LogP contribution is 2.37. The first kappa shape index (κ1) is 25.4. The summed E-state index contributed by atoms with van der Waals surface area (Å²) in [6.45, 7) is 3.69. The summed E-state index contributed by atoms with van der Waals surface area (Å²) < 4.78 is 40.6. The summed E-state index contributed by atoms with van der Waals surface area (Å²) in [5.74, 6) is -0.374. The molecular weight excluding hydrogens is 469 g/mol. The lowest BCUT2D eigenvalue weighted by Crippen LogP contribution is -2.42. The van der Waals surface area contributed by atoms with E-state index in [0.29, 0.717) is 16.8 Å². The molecule has 1 fully saturated rings. The lowest BCUT2D eigenvalue weighted by Gasteiger charge is -2.37. The van der Waals surface area contributed by atoms with Crippen LogP contribution in [0.15, 0.2) is 48.8 Å². The Balaban J connectivity index is 1.66. The Bertz CT molecular complexity index is 1240. The van der Waals surface area contributed by atoms with Crippen LogP contribution in [0.4, 0.5) is 30.5 Å². The molecule has 0 unspecified atom stereocenters. The van der Waals surface area contributed by atoms with E-state index in [9.17, 15) is 18.0 Å². The van der Waals surface area contributed by atoms with E-state index in [-0.39, 0.29) is 17.7 Å². The molecule has 0 bridgehead atoms. The summed E-state index contributed by atoms with van der Waals surface area (Å²) in [6, 6.07) is 8.74. The number of aromatic nitrogens is 2. The molecule has 1 aliphatic rings. The van der Waals surface area contributed by atoms with Gasteiger partial charge in [0.15, 0.2) is 0 Å². The normalized spacial score (nSPS) is 15.1. The van der Waals surface area contributed by atoms with Crippen LogP contribution in [0, 0.1) is 6.92 Å². The van der Waals surface area contributed by atoms with Crippen LogP contribution >= 0.6 is 0 Å². The third-order valence-corrected chi connectivity index (χ3v) is 6.67. The quantitative estimate of drug-likeness (QED) is 0.524. The first-order valence-corrected chi connectivity index (χ1v) is 11.7. The molecule has 1 amide bonds. The van der Waals surface area contributed by atoms with Gasteiger partial charge in [0.05, 0.1) is 16.9 Å². The summed E-state index contributed by atoms with van der Waals surface area (Å²) in [4.78, 5) is 25.4. The van der Waals surface area contributed by atoms with Gasteiger partial charge in [-0.25, -0.2) is 9.97 Å². The summed E-state index contributed by atoms with van der Waals surface area (Å²) in [5.41, 5.74) is 8.03. The number of aryl methyl sites for hydroxylation is 1. The van der Waals surface area contributed by atoms with Crippen molar-refractivity contribution in [1.29, 1.82) is 0 Å². The van der Waals surface area contributed by atoms with E-state index in [0.717, 1.165) is 49.2 Å². The molecule has 0 spiro atoms. The molecule has 3 aromatic rings. The summed E-state index contributed by atoms with van der Waals surface area (Å²) in [5, 5.41) is 2.73. The van der Waals surface area contributed by atoms with Crippen molar-refractivity contribution in [2.45, 2.75) is 32.0 Å². The fraction of sp³-hybridized carbons (Fsp3) is 0.346. The average Bonchev–Trinajstić information content (AvgIpc) is 2.84. The predicted molar refractivity (Wildman–Crippen MR) is 135 cm³/mol. The molecule has 0 saturated carbocycles. The average molecular weight is 499 g/mol. The molecule has 0 aliphatic carbocycles. The Morgan fingerprint density at radius 1 is 1.11 bits per heavy atom. The molecule has 36 heavy (non-hydrogen) atoms. The Labute approximate surface area is 208 Å². The maximum absolute atomic E-state index is 13.5. The molecule has 10 heteroatoms. The molecule has 7 nitrogen and oxygen atoms in total. The van der Waals surface area contributed by atoms with Crippen LogP contribution in [0.25, 0.3) is 11.1 Å². The number of anilines is 3. The summed E-state index contributed by atoms with van der Waals surface area (Å²) >= 11 is 0. The molecule has 0 radical (unpaired) electrons. The number of hydrogen-bond donors (Lipinski definition) is 2. The standard InChI is InChI=1S/C26H29F3N6O/c1-16-4-5-17(12-21(16)18-14-31-25(30)32-15-18)24(36)33-22-13-19(26(27,28)29)6-7-23(22)35(3)20-8-10-34(2)11-9-20/h4-7,12-15,20H,8-11H2,1-3H3,(H,33,36)(H2,30,31,32). The molecule has 1 aromatic heterocycles. The van der Waals surface area contributed by atoms with Crippen molar-refractivity contribution < 1.29 is 18.0 Å². The van der Waals surface area contributed by atoms with Crippen molar-refractivity contribution in [1.82, 2.24) is 14.9 Å². The molecule has 4 rings (SSSR count). The molecular formula is C26H29F3N6O. The zero-order chi connectivity index (χ0) is 26.0. The second-order valence-electron chi connectivity index (χ2n) is 9.19. The van der Waals surface area contributed by atoms with Gasteiger partial charge in [-0.15, -0.1) is 0 Å². The van der Waals surface area contributed by atoms with Gasteiger partial charge in [-0.3, -0.25) is 4.79 Å². The minimum Gasteiger partial charge on any atom is -0.370 e. The fourth-order valence-corrected chi connectivity index (χ4v) is 4.44. The third kappa shape index (κ3) is 5.59. The van der Waals surface area contributed by atoms with Crippen LogP contribution in [0.3, 0.4) is 0 Å². The topological polar surface area (TPSA) is 87.4 Å². The van der Waals surface area contributed by atoms with E-state index in [1.807, 2.05) is 25.9 Å². The summed E-state index contributed by atoms with van der Waals surface area (Å²) in [6.07, 6.45) is 0.358. The molecule has 2 heterocycles. The maximum atomic E-state index is 13.5. The van der Waals surface area contributed by atoms with Gasteiger partial charge in [-0.1, -0.05) is 6.07 Å². The largest absolute Gasteiger partial charge is 0.416 e. The van der Waals surface area contributed by atoms with Crippen molar-refractivity contribution >= 4 is 23.2 Å². The van der Waals surface area contributed by atoms with E-state index < -0.39 is 17.6 Å². The highest BCUT2D eigenvalue weighted by atomic mass is 19.4. The Morgan fingerprint density at radius 3 is 2.42 bits per heavy atom. The van der Waals surface area contributed by atoms with Gasteiger partial charge < -0.3 is 20.9 Å². The van der Waals surface area contributed by atoms with Gasteiger partial charge in [0.25, 0.3) is 5.91 Å². The van der Waals surface area contributed by atoms with Gasteiger partial charge >= 0.3 is 6.18 Å². The Hall–Kier alpha value is -3.66. The minimum absolute atomic E-state index is 0.120. The van der Waals surface area contributed by atoms with Gasteiger partial charge in [-0.05, 0) is 81.4 Å². The molecule has 2 aromatic carbocycles. The number of piperidine rings is 1. The van der Waals surface area contributed by atoms with Crippen LogP contribution in [-0.4, -0.2) is 54.0 Å². The van der Waals surface area contributed by atoms with Crippen LogP contribution < -0.4 is 16.0 Å². The van der Waals surface area contributed by atoms with E-state index >= 15 is 0 Å². The number of likely N-dealkylation sites (tertiary alicyclic amines) is 1. The minimum atomic E-state index is -4.53. The van der Waals surface area contributed by atoms with Crippen LogP contribution in [0.1, 0.15) is 34.3 Å². The van der Waals surface area contributed by atoms with Crippen LogP contribution in [-0.2, 0) is 6.18 Å². The number of carbonyl (C=O) groups excluding carboxylic acids is 1. The van der Waals surface area contributed by atoms with E-state index in [1.165, 1.54) is 6.07 Å². The van der Waals surface area contributed by atoms with Crippen LogP contribution in [0.2, 0.25) is 0 Å². The highest BCUT2D eigenvalue weighted by molar-refractivity contribution is 6.06. The van der Waals surface area contributed by atoms with Gasteiger partial charge in [0.1, 0.15) is 0 Å². The monoisotopic (exact) mass is 498 g/mol. The van der Waals surface area contributed by atoms with Crippen molar-refractivity contribution in [2.24, 2.45) is 0 Å². The number of nitrogen functional groups attached to an aromatic ring is 1. The van der Waals surface area contributed by atoms with Gasteiger partial charge in [0.2, 0.25) is 5.95 Å². The van der Waals surface area contributed by atoms with E-state index in [1.54, 1.807) is 30.6 Å². The van der Waals surface area contributed by atoms with Crippen molar-refractivity contribution in [2.75, 3.05) is 43.1 Å². The lowest BCUT2D eigenvalue weighted by atomic mass is 9.99. The number of amides is 1. The SMILES string of the molecule is Cc1ccc(C(=O)Nc2cc(C(F)(F)F)ccc2N(C)C2CCN(C)CC2)cc1-c1cnc(N)nc1. The second kappa shape index (κ2) is 10.1. The van der Waals surface area contributed by atoms with Gasteiger partial charge in [-0.2, -0.15) is 13.2 Å². The lowest BCUT2D eigenvalue weighted by molar-refractivity contribution is -0.137. The first-order valence-electron chi connectivity index (χ1n) is 11.7. The molecule has 0 atom stereocenters. The number of halogens is 3. The van der Waals surface area contributed by atoms with Crippen LogP contribution in [0.5, 0.6) is 0 Å². The van der Waals surface area contributed by atoms with E-state index in [2.05, 4.69) is 20.2 Å². The summed E-state index contributed by atoms with van der Waals surface area (Å²) in [7, 11) is 3.91. The third-order valence-electron chi connectivity index (χ3n) is 6.67. The number of nitrogens with zero attached hydrogens (tertiary/aromatic N) is 4. The molecule has 1 saturated heterocycles. The zero-order valence-electron chi connectivity index (χ0n) is 20.4. The fourth-order valence-electron chi connectivity index (χ4n) is 4.44. The van der Waals surface area contributed by atoms with Gasteiger partial charge in [0, 0.05) is 36.6 Å². The number of carbonyl (C=O) groups is 1. The number of nitrogens with one attached hydrogen (secondary N) is 1. The number of rotatable bonds is 5. The molecule has 190 valence electrons. The number of alkyl halides is 3. The van der Waals surface area contributed by atoms with Crippen molar-refractivity contribution in [3.63, 3.8) is 0 Å². The number of hydrogen-bond acceptors (Lipinski definition) is 6. The molecule has 3 N–H and O–H groups in total. The Kier molecular flexibility index (Phi) is 7.16.